The molecule has 29 heavy (non-hydrogen) atoms. The van der Waals surface area contributed by atoms with Crippen LogP contribution in [0.1, 0.15) is 35.8 Å². The molecule has 1 atom stereocenters. The molecule has 2 aliphatic rings. The summed E-state index contributed by atoms with van der Waals surface area (Å²) in [7, 11) is 2.10. The van der Waals surface area contributed by atoms with Crippen molar-refractivity contribution in [1.82, 2.24) is 9.97 Å². The zero-order valence-corrected chi connectivity index (χ0v) is 17.0. The van der Waals surface area contributed by atoms with Gasteiger partial charge in [0, 0.05) is 18.7 Å². The third-order valence-corrected chi connectivity index (χ3v) is 5.88. The van der Waals surface area contributed by atoms with Gasteiger partial charge in [0.25, 0.3) is 0 Å². The summed E-state index contributed by atoms with van der Waals surface area (Å²) in [5, 5.41) is 3.67. The van der Waals surface area contributed by atoms with E-state index in [-0.39, 0.29) is 0 Å². The Kier molecular flexibility index (Phi) is 4.58. The highest BCUT2D eigenvalue weighted by atomic mass is 16.5. The van der Waals surface area contributed by atoms with Gasteiger partial charge in [-0.15, -0.1) is 0 Å². The Bertz CT molecular complexity index is 1050. The molecule has 1 N–H and O–H groups in total. The maximum absolute atomic E-state index is 5.78. The van der Waals surface area contributed by atoms with Gasteiger partial charge in [0.1, 0.15) is 24.0 Å². The molecule has 1 aliphatic carbocycles. The molecule has 0 radical (unpaired) electrons. The van der Waals surface area contributed by atoms with Crippen LogP contribution in [0.3, 0.4) is 0 Å². The number of ether oxygens (including phenoxy) is 1. The van der Waals surface area contributed by atoms with Crippen molar-refractivity contribution < 1.29 is 4.74 Å². The Morgan fingerprint density at radius 1 is 1.10 bits per heavy atom. The van der Waals surface area contributed by atoms with Crippen molar-refractivity contribution in [1.29, 1.82) is 0 Å². The lowest BCUT2D eigenvalue weighted by Gasteiger charge is -2.28. The van der Waals surface area contributed by atoms with Gasteiger partial charge in [0.2, 0.25) is 0 Å². The highest BCUT2D eigenvalue weighted by Crippen LogP contribution is 2.36. The van der Waals surface area contributed by atoms with Crippen LogP contribution in [0.4, 0.5) is 11.5 Å². The van der Waals surface area contributed by atoms with E-state index >= 15 is 0 Å². The molecule has 0 amide bonds. The summed E-state index contributed by atoms with van der Waals surface area (Å²) in [6.07, 6.45) is 3.48. The molecule has 0 saturated carbocycles. The minimum Gasteiger partial charge on any atom is -0.490 e. The van der Waals surface area contributed by atoms with E-state index in [0.717, 1.165) is 60.3 Å². The van der Waals surface area contributed by atoms with Gasteiger partial charge in [-0.05, 0) is 55.5 Å². The highest BCUT2D eigenvalue weighted by molar-refractivity contribution is 5.72. The topological polar surface area (TPSA) is 50.3 Å². The zero-order chi connectivity index (χ0) is 19.8. The predicted molar refractivity (Wildman–Crippen MR) is 117 cm³/mol. The molecule has 0 spiro atoms. The number of rotatable bonds is 3. The first-order chi connectivity index (χ1) is 14.2. The quantitative estimate of drug-likeness (QED) is 0.703. The van der Waals surface area contributed by atoms with Gasteiger partial charge < -0.3 is 15.0 Å². The average Bonchev–Trinajstić information content (AvgIpc) is 2.74. The second-order valence-electron chi connectivity index (χ2n) is 7.93. The van der Waals surface area contributed by atoms with Crippen LogP contribution in [0.15, 0.2) is 48.5 Å². The number of hydrogen-bond donors (Lipinski definition) is 1. The fourth-order valence-electron chi connectivity index (χ4n) is 4.38. The summed E-state index contributed by atoms with van der Waals surface area (Å²) < 4.78 is 5.78. The lowest BCUT2D eigenvalue weighted by Crippen LogP contribution is -2.28. The van der Waals surface area contributed by atoms with E-state index in [4.69, 9.17) is 9.72 Å². The van der Waals surface area contributed by atoms with E-state index in [1.807, 2.05) is 13.0 Å². The third-order valence-electron chi connectivity index (χ3n) is 5.88. The van der Waals surface area contributed by atoms with Crippen molar-refractivity contribution in [2.45, 2.75) is 32.2 Å². The molecule has 1 aromatic heterocycles. The minimum atomic E-state index is 0.296. The van der Waals surface area contributed by atoms with E-state index in [9.17, 15) is 0 Å². The first kappa shape index (κ1) is 18.0. The molecule has 0 bridgehead atoms. The summed E-state index contributed by atoms with van der Waals surface area (Å²) >= 11 is 0. The highest BCUT2D eigenvalue weighted by Gasteiger charge is 2.21. The van der Waals surface area contributed by atoms with Crippen molar-refractivity contribution in [3.05, 3.63) is 65.5 Å². The molecule has 148 valence electrons. The molecule has 0 saturated heterocycles. The number of hydrogen-bond acceptors (Lipinski definition) is 5. The Labute approximate surface area is 171 Å². The first-order valence-corrected chi connectivity index (χ1v) is 10.4. The molecule has 2 aromatic carbocycles. The van der Waals surface area contributed by atoms with Crippen LogP contribution in [-0.2, 0) is 6.42 Å². The maximum Gasteiger partial charge on any atom is 0.142 e. The van der Waals surface area contributed by atoms with Crippen LogP contribution in [0.25, 0.3) is 11.3 Å². The smallest absolute Gasteiger partial charge is 0.142 e. The van der Waals surface area contributed by atoms with Crippen molar-refractivity contribution in [2.75, 3.05) is 30.4 Å². The van der Waals surface area contributed by atoms with Crippen LogP contribution in [0.2, 0.25) is 0 Å². The summed E-state index contributed by atoms with van der Waals surface area (Å²) in [6, 6.07) is 17.4. The van der Waals surface area contributed by atoms with Crippen molar-refractivity contribution in [3.63, 3.8) is 0 Å². The molecule has 5 heteroatoms. The van der Waals surface area contributed by atoms with Crippen LogP contribution in [0.5, 0.6) is 5.75 Å². The summed E-state index contributed by atoms with van der Waals surface area (Å²) in [6.45, 7) is 3.58. The monoisotopic (exact) mass is 386 g/mol. The van der Waals surface area contributed by atoms with Gasteiger partial charge in [-0.1, -0.05) is 24.3 Å². The fraction of sp³-hybridized carbons (Fsp3) is 0.333. The van der Waals surface area contributed by atoms with Crippen molar-refractivity contribution >= 4 is 11.5 Å². The molecular weight excluding hydrogens is 360 g/mol. The zero-order valence-electron chi connectivity index (χ0n) is 17.0. The first-order valence-electron chi connectivity index (χ1n) is 10.4. The van der Waals surface area contributed by atoms with Crippen LogP contribution < -0.4 is 15.0 Å². The number of nitrogens with one attached hydrogen (secondary N) is 1. The van der Waals surface area contributed by atoms with Crippen LogP contribution >= 0.6 is 0 Å². The minimum absolute atomic E-state index is 0.296. The molecule has 2 heterocycles. The third kappa shape index (κ3) is 3.53. The number of likely N-dealkylation sites (N-methyl/N-ethyl adjacent to an activating group) is 1. The molecule has 3 aromatic rings. The predicted octanol–water partition coefficient (Wildman–Crippen LogP) is 4.77. The SMILES string of the molecule is Cc1nc(NC2CCCc3ccccc32)cc(-c2ccc3c(c2)N(C)CCO3)n1. The number of benzene rings is 2. The summed E-state index contributed by atoms with van der Waals surface area (Å²) in [5.41, 5.74) is 5.97. The molecule has 5 rings (SSSR count). The molecular formula is C24H26N4O. The maximum atomic E-state index is 5.78. The van der Waals surface area contributed by atoms with E-state index in [0.29, 0.717) is 6.04 Å². The van der Waals surface area contributed by atoms with Gasteiger partial charge in [-0.25, -0.2) is 9.97 Å². The normalized spacial score (nSPS) is 17.9. The molecule has 0 fully saturated rings. The van der Waals surface area contributed by atoms with Gasteiger partial charge >= 0.3 is 0 Å². The standard InChI is InChI=1S/C24H26N4O/c1-16-25-21(18-10-11-23-22(14-18)28(2)12-13-29-23)15-24(26-16)27-20-9-5-7-17-6-3-4-8-19(17)20/h3-4,6,8,10-11,14-15,20H,5,7,9,12-13H2,1-2H3,(H,25,26,27). The van der Waals surface area contributed by atoms with Crippen LogP contribution in [-0.4, -0.2) is 30.2 Å². The van der Waals surface area contributed by atoms with E-state index in [1.54, 1.807) is 0 Å². The van der Waals surface area contributed by atoms with Crippen molar-refractivity contribution in [3.8, 4) is 17.0 Å². The second-order valence-corrected chi connectivity index (χ2v) is 7.93. The van der Waals surface area contributed by atoms with Crippen LogP contribution in [0, 0.1) is 6.92 Å². The second kappa shape index (κ2) is 7.39. The number of nitrogens with zero attached hydrogens (tertiary/aromatic N) is 3. The lowest BCUT2D eigenvalue weighted by molar-refractivity contribution is 0.311. The van der Waals surface area contributed by atoms with Gasteiger partial charge in [0.05, 0.1) is 24.0 Å². The Morgan fingerprint density at radius 3 is 2.93 bits per heavy atom. The van der Waals surface area contributed by atoms with E-state index in [2.05, 4.69) is 64.7 Å². The van der Waals surface area contributed by atoms with E-state index < -0.39 is 0 Å². The van der Waals surface area contributed by atoms with Crippen molar-refractivity contribution in [2.24, 2.45) is 0 Å². The van der Waals surface area contributed by atoms with E-state index in [1.165, 1.54) is 17.5 Å². The van der Waals surface area contributed by atoms with Gasteiger partial charge in [-0.3, -0.25) is 0 Å². The molecule has 1 aliphatic heterocycles. The summed E-state index contributed by atoms with van der Waals surface area (Å²) in [5.74, 6) is 2.60. The van der Waals surface area contributed by atoms with Gasteiger partial charge in [0.15, 0.2) is 0 Å². The lowest BCUT2D eigenvalue weighted by atomic mass is 9.88. The average molecular weight is 386 g/mol. The molecule has 1 unspecified atom stereocenters. The summed E-state index contributed by atoms with van der Waals surface area (Å²) in [4.78, 5) is 11.6. The number of aryl methyl sites for hydroxylation is 2. The number of anilines is 2. The van der Waals surface area contributed by atoms with Gasteiger partial charge in [-0.2, -0.15) is 0 Å². The fourth-order valence-corrected chi connectivity index (χ4v) is 4.38. The Balaban J connectivity index is 1.47. The molecule has 5 nitrogen and oxygen atoms in total. The number of aromatic nitrogens is 2. The Morgan fingerprint density at radius 2 is 2.00 bits per heavy atom. The largest absolute Gasteiger partial charge is 0.490 e. The Hall–Kier alpha value is -3.08. The number of fused-ring (bicyclic) bond motifs is 2.